The molecule has 2 unspecified atom stereocenters. The number of nitrogens with zero attached hydrogens (tertiary/aromatic N) is 3. The summed E-state index contributed by atoms with van der Waals surface area (Å²) in [5.74, 6) is -2.49. The molecule has 4 rings (SSSR count). The summed E-state index contributed by atoms with van der Waals surface area (Å²) >= 11 is 0. The van der Waals surface area contributed by atoms with Crippen molar-refractivity contribution in [2.24, 2.45) is 23.5 Å². The van der Waals surface area contributed by atoms with E-state index < -0.39 is 11.8 Å². The Labute approximate surface area is 139 Å². The Morgan fingerprint density at radius 1 is 1.25 bits per heavy atom. The van der Waals surface area contributed by atoms with Gasteiger partial charge in [0, 0.05) is 50.8 Å². The molecule has 5 nitrogen and oxygen atoms in total. The molecule has 2 aliphatic carbocycles. The second-order valence-corrected chi connectivity index (χ2v) is 7.25. The molecule has 1 amide bonds. The van der Waals surface area contributed by atoms with Gasteiger partial charge in [-0.3, -0.25) is 9.69 Å². The van der Waals surface area contributed by atoms with Crippen LogP contribution in [0, 0.1) is 17.8 Å². The highest BCUT2D eigenvalue weighted by molar-refractivity contribution is 5.97. The second kappa shape index (κ2) is 5.65. The zero-order valence-electron chi connectivity index (χ0n) is 13.5. The molecule has 7 heteroatoms. The molecule has 2 heterocycles. The Bertz CT molecular complexity index is 631. The third kappa shape index (κ3) is 2.64. The number of hydrogen-bond donors (Lipinski definition) is 1. The molecule has 3 aliphatic rings. The molecule has 1 aromatic rings. The van der Waals surface area contributed by atoms with Gasteiger partial charge in [-0.1, -0.05) is 0 Å². The van der Waals surface area contributed by atoms with Gasteiger partial charge in [-0.05, 0) is 30.9 Å². The average Bonchev–Trinajstić information content (AvgIpc) is 2.91. The molecule has 24 heavy (non-hydrogen) atoms. The van der Waals surface area contributed by atoms with Crippen molar-refractivity contribution in [2.45, 2.75) is 18.8 Å². The van der Waals surface area contributed by atoms with Gasteiger partial charge in [-0.15, -0.1) is 0 Å². The molecule has 0 radical (unpaired) electrons. The maximum absolute atomic E-state index is 13.3. The summed E-state index contributed by atoms with van der Waals surface area (Å²) < 4.78 is 26.5. The molecule has 0 aromatic carbocycles. The van der Waals surface area contributed by atoms with E-state index in [1.807, 2.05) is 0 Å². The van der Waals surface area contributed by atoms with Crippen molar-refractivity contribution in [3.63, 3.8) is 0 Å². The largest absolute Gasteiger partial charge is 0.365 e. The predicted molar refractivity (Wildman–Crippen MR) is 86.1 cm³/mol. The van der Waals surface area contributed by atoms with E-state index in [0.717, 1.165) is 32.7 Å². The molecule has 0 spiro atoms. The molecule has 1 saturated heterocycles. The number of hydrogen-bond acceptors (Lipinski definition) is 4. The summed E-state index contributed by atoms with van der Waals surface area (Å²) in [5.41, 5.74) is 5.87. The Kier molecular flexibility index (Phi) is 3.71. The number of alkyl halides is 2. The van der Waals surface area contributed by atoms with Crippen LogP contribution < -0.4 is 10.6 Å². The lowest BCUT2D eigenvalue weighted by Gasteiger charge is -2.37. The summed E-state index contributed by atoms with van der Waals surface area (Å²) in [4.78, 5) is 20.3. The van der Waals surface area contributed by atoms with E-state index in [0.29, 0.717) is 30.1 Å². The third-order valence-corrected chi connectivity index (χ3v) is 5.78. The van der Waals surface area contributed by atoms with E-state index in [4.69, 9.17) is 5.73 Å². The van der Waals surface area contributed by atoms with Gasteiger partial charge in [-0.25, -0.2) is 13.8 Å². The Balaban J connectivity index is 1.31. The number of piperazine rings is 1. The fraction of sp³-hybridized carbons (Fsp3) is 0.647. The van der Waals surface area contributed by atoms with Crippen molar-refractivity contribution in [3.8, 4) is 0 Å². The number of carbonyl (C=O) groups excluding carboxylic acids is 1. The number of nitrogens with two attached hydrogens (primary N) is 1. The number of anilines is 1. The van der Waals surface area contributed by atoms with Gasteiger partial charge >= 0.3 is 0 Å². The van der Waals surface area contributed by atoms with Gasteiger partial charge in [0.1, 0.15) is 5.82 Å². The monoisotopic (exact) mass is 336 g/mol. The van der Waals surface area contributed by atoms with Crippen molar-refractivity contribution in [1.29, 1.82) is 0 Å². The minimum atomic E-state index is -2.38. The molecule has 3 fully saturated rings. The van der Waals surface area contributed by atoms with Crippen LogP contribution in [-0.2, 0) is 0 Å². The number of amides is 1. The normalized spacial score (nSPS) is 31.8. The topological polar surface area (TPSA) is 62.5 Å². The van der Waals surface area contributed by atoms with E-state index in [9.17, 15) is 13.6 Å². The number of primary amides is 1. The molecular weight excluding hydrogens is 314 g/mol. The fourth-order valence-corrected chi connectivity index (χ4v) is 4.42. The first-order valence-corrected chi connectivity index (χ1v) is 8.56. The molecule has 2 atom stereocenters. The first-order chi connectivity index (χ1) is 11.5. The van der Waals surface area contributed by atoms with E-state index in [1.54, 1.807) is 18.3 Å². The van der Waals surface area contributed by atoms with Crippen LogP contribution in [0.15, 0.2) is 18.3 Å². The Morgan fingerprint density at radius 2 is 1.92 bits per heavy atom. The van der Waals surface area contributed by atoms with Gasteiger partial charge in [0.15, 0.2) is 0 Å². The highest BCUT2D eigenvalue weighted by Gasteiger charge is 2.71. The van der Waals surface area contributed by atoms with Crippen molar-refractivity contribution in [3.05, 3.63) is 23.9 Å². The smallest absolute Gasteiger partial charge is 0.254 e. The summed E-state index contributed by atoms with van der Waals surface area (Å²) in [6.45, 7) is 4.16. The van der Waals surface area contributed by atoms with Crippen LogP contribution in [0.3, 0.4) is 0 Å². The summed E-state index contributed by atoms with van der Waals surface area (Å²) in [6, 6.07) is 3.41. The number of rotatable bonds is 4. The minimum absolute atomic E-state index is 0.351. The number of fused-ring (bicyclic) bond motifs is 1. The van der Waals surface area contributed by atoms with E-state index in [-0.39, 0.29) is 11.8 Å². The first-order valence-electron chi connectivity index (χ1n) is 8.56. The molecular formula is C17H22F2N4O. The lowest BCUT2D eigenvalue weighted by Crippen LogP contribution is -2.48. The predicted octanol–water partition coefficient (Wildman–Crippen LogP) is 1.59. The van der Waals surface area contributed by atoms with Crippen molar-refractivity contribution in [1.82, 2.24) is 9.88 Å². The summed E-state index contributed by atoms with van der Waals surface area (Å²) in [7, 11) is 0. The van der Waals surface area contributed by atoms with Crippen molar-refractivity contribution in [2.75, 3.05) is 37.6 Å². The minimum Gasteiger partial charge on any atom is -0.365 e. The zero-order valence-corrected chi connectivity index (χ0v) is 13.5. The van der Waals surface area contributed by atoms with Crippen LogP contribution >= 0.6 is 0 Å². The second-order valence-electron chi connectivity index (χ2n) is 7.25. The molecule has 1 aromatic heterocycles. The summed E-state index contributed by atoms with van der Waals surface area (Å²) in [5, 5.41) is 0. The number of halogens is 2. The number of carbonyl (C=O) groups is 1. The summed E-state index contributed by atoms with van der Waals surface area (Å²) in [6.07, 6.45) is 3.01. The van der Waals surface area contributed by atoms with Gasteiger partial charge in [0.2, 0.25) is 0 Å². The molecule has 2 saturated carbocycles. The van der Waals surface area contributed by atoms with E-state index >= 15 is 0 Å². The highest BCUT2D eigenvalue weighted by atomic mass is 19.3. The van der Waals surface area contributed by atoms with Gasteiger partial charge in [0.05, 0.1) is 5.56 Å². The third-order valence-electron chi connectivity index (χ3n) is 5.78. The van der Waals surface area contributed by atoms with Crippen LogP contribution in [0.4, 0.5) is 14.6 Å². The van der Waals surface area contributed by atoms with Crippen LogP contribution in [0.25, 0.3) is 0 Å². The molecule has 2 N–H and O–H groups in total. The SMILES string of the molecule is NC(=O)c1cccnc1N1CCN(CC2CC3C(C2)C3(F)F)CC1. The zero-order chi connectivity index (χ0) is 16.9. The quantitative estimate of drug-likeness (QED) is 0.907. The first kappa shape index (κ1) is 15.7. The lowest BCUT2D eigenvalue weighted by molar-refractivity contribution is 0.0586. The maximum atomic E-state index is 13.3. The standard InChI is InChI=1S/C17H22F2N4O/c18-17(19)13-8-11(9-14(13)17)10-22-4-6-23(7-5-22)16-12(15(20)24)2-1-3-21-16/h1-3,11,13-14H,4-10H2,(H2,20,24). The fourth-order valence-electron chi connectivity index (χ4n) is 4.42. The van der Waals surface area contributed by atoms with Gasteiger partial charge in [-0.2, -0.15) is 0 Å². The number of pyridine rings is 1. The average molecular weight is 336 g/mol. The maximum Gasteiger partial charge on any atom is 0.254 e. The van der Waals surface area contributed by atoms with E-state index in [2.05, 4.69) is 14.8 Å². The van der Waals surface area contributed by atoms with Gasteiger partial charge in [0.25, 0.3) is 11.8 Å². The van der Waals surface area contributed by atoms with Gasteiger partial charge < -0.3 is 10.6 Å². The molecule has 0 bridgehead atoms. The highest BCUT2D eigenvalue weighted by Crippen LogP contribution is 2.65. The lowest BCUT2D eigenvalue weighted by atomic mass is 10.0. The number of aromatic nitrogens is 1. The van der Waals surface area contributed by atoms with Crippen molar-refractivity contribution < 1.29 is 13.6 Å². The van der Waals surface area contributed by atoms with Crippen LogP contribution in [-0.4, -0.2) is 54.4 Å². The molecule has 1 aliphatic heterocycles. The van der Waals surface area contributed by atoms with Crippen LogP contribution in [0.5, 0.6) is 0 Å². The van der Waals surface area contributed by atoms with Crippen molar-refractivity contribution >= 4 is 11.7 Å². The van der Waals surface area contributed by atoms with Crippen LogP contribution in [0.2, 0.25) is 0 Å². The van der Waals surface area contributed by atoms with Crippen LogP contribution in [0.1, 0.15) is 23.2 Å². The molecule has 130 valence electrons. The Morgan fingerprint density at radius 3 is 2.54 bits per heavy atom. The van der Waals surface area contributed by atoms with E-state index in [1.165, 1.54) is 0 Å². The Hall–Kier alpha value is -1.76.